The smallest absolute Gasteiger partial charge is 0.318 e. The second-order valence-corrected chi connectivity index (χ2v) is 15.1. The van der Waals surface area contributed by atoms with Crippen LogP contribution in [0.4, 0.5) is 11.5 Å². The molecule has 0 saturated carbocycles. The Morgan fingerprint density at radius 2 is 1.80 bits per heavy atom. The second-order valence-electron chi connectivity index (χ2n) is 14.7. The SMILES string of the molecule is C=Cc1cccc(C(O)C(O)CCN2CCC[C@H]2COc2nc3c(c(N4CCN(C(O)C=C)[C@@H](CC#N)C4)n2)CCN(c2cccc4cccc(Cl)c24)C3)c1. The van der Waals surface area contributed by atoms with Crippen molar-refractivity contribution in [2.45, 2.75) is 69.2 Å². The number of nitrogens with zero attached hydrogens (tertiary/aromatic N) is 7. The first-order valence-electron chi connectivity index (χ1n) is 19.2. The maximum Gasteiger partial charge on any atom is 0.318 e. The number of aliphatic hydroxyl groups is 3. The molecule has 2 saturated heterocycles. The number of likely N-dealkylation sites (tertiary alicyclic amines) is 1. The predicted octanol–water partition coefficient (Wildman–Crippen LogP) is 5.73. The molecule has 0 bridgehead atoms. The van der Waals surface area contributed by atoms with Crippen LogP contribution in [-0.2, 0) is 13.0 Å². The molecule has 288 valence electrons. The van der Waals surface area contributed by atoms with Gasteiger partial charge in [0.25, 0.3) is 0 Å². The van der Waals surface area contributed by atoms with Crippen LogP contribution in [0.2, 0.25) is 5.02 Å². The average molecular weight is 764 g/mol. The summed E-state index contributed by atoms with van der Waals surface area (Å²) >= 11 is 6.76. The van der Waals surface area contributed by atoms with Crippen LogP contribution in [0.3, 0.4) is 0 Å². The molecule has 3 aliphatic heterocycles. The minimum Gasteiger partial charge on any atom is -0.462 e. The molecule has 3 aliphatic rings. The standard InChI is InChI=1S/C43H50ClN7O4/c1-3-29-9-5-12-31(25-29)41(54)38(52)18-22-48-20-8-13-33(48)28-55-43-46-36-27-49(37-15-7-11-30-10-6-14-35(44)40(30)37)21-17-34(36)42(47-43)50-23-24-51(39(53)4-2)32(26-50)16-19-45/h3-7,9-12,14-15,25,32-33,38-39,41,52-54H,1-2,8,13,16-18,20-24,26-28H2/t32-,33-,38?,39?,41?/m0/s1. The molecule has 0 aliphatic carbocycles. The van der Waals surface area contributed by atoms with Gasteiger partial charge in [-0.05, 0) is 73.0 Å². The first-order valence-corrected chi connectivity index (χ1v) is 19.6. The minimum atomic E-state index is -0.987. The molecule has 4 heterocycles. The van der Waals surface area contributed by atoms with Gasteiger partial charge in [0.15, 0.2) is 0 Å². The molecule has 1 aromatic heterocycles. The summed E-state index contributed by atoms with van der Waals surface area (Å²) in [6.45, 7) is 12.4. The number of nitriles is 1. The van der Waals surface area contributed by atoms with Gasteiger partial charge in [-0.1, -0.05) is 73.3 Å². The third-order valence-electron chi connectivity index (χ3n) is 11.4. The number of ether oxygens (including phenoxy) is 1. The largest absolute Gasteiger partial charge is 0.462 e. The van der Waals surface area contributed by atoms with Crippen molar-refractivity contribution in [2.24, 2.45) is 0 Å². The Kier molecular flexibility index (Phi) is 12.3. The van der Waals surface area contributed by atoms with Crippen molar-refractivity contribution in [2.75, 3.05) is 55.7 Å². The average Bonchev–Trinajstić information content (AvgIpc) is 3.68. The summed E-state index contributed by atoms with van der Waals surface area (Å²) in [5.41, 5.74) is 4.58. The van der Waals surface area contributed by atoms with Crippen LogP contribution in [0.1, 0.15) is 54.2 Å². The fourth-order valence-corrected chi connectivity index (χ4v) is 8.67. The molecule has 3 N–H and O–H groups in total. The van der Waals surface area contributed by atoms with E-state index in [-0.39, 0.29) is 18.5 Å². The zero-order valence-electron chi connectivity index (χ0n) is 31.2. The van der Waals surface area contributed by atoms with Gasteiger partial charge in [0, 0.05) is 61.4 Å². The number of rotatable bonds is 14. The molecular weight excluding hydrogens is 714 g/mol. The summed E-state index contributed by atoms with van der Waals surface area (Å²) < 4.78 is 6.48. The zero-order valence-corrected chi connectivity index (χ0v) is 31.9. The number of benzene rings is 3. The molecule has 3 unspecified atom stereocenters. The summed E-state index contributed by atoms with van der Waals surface area (Å²) in [5, 5.41) is 45.0. The highest BCUT2D eigenvalue weighted by atomic mass is 35.5. The van der Waals surface area contributed by atoms with Gasteiger partial charge in [0.2, 0.25) is 0 Å². The summed E-state index contributed by atoms with van der Waals surface area (Å²) in [4.78, 5) is 18.9. The van der Waals surface area contributed by atoms with Crippen molar-refractivity contribution < 1.29 is 20.1 Å². The van der Waals surface area contributed by atoms with Gasteiger partial charge in [-0.2, -0.15) is 15.2 Å². The Bertz CT molecular complexity index is 2040. The van der Waals surface area contributed by atoms with Crippen molar-refractivity contribution in [1.29, 1.82) is 5.26 Å². The van der Waals surface area contributed by atoms with Crippen LogP contribution in [0.5, 0.6) is 6.01 Å². The van der Waals surface area contributed by atoms with E-state index in [1.54, 1.807) is 6.08 Å². The van der Waals surface area contributed by atoms with Crippen molar-refractivity contribution in [3.63, 3.8) is 0 Å². The first-order chi connectivity index (χ1) is 26.8. The van der Waals surface area contributed by atoms with E-state index < -0.39 is 18.4 Å². The van der Waals surface area contributed by atoms with Crippen LogP contribution in [-0.4, -0.2) is 105 Å². The van der Waals surface area contributed by atoms with Gasteiger partial charge in [-0.3, -0.25) is 9.80 Å². The Morgan fingerprint density at radius 3 is 2.60 bits per heavy atom. The minimum absolute atomic E-state index is 0.106. The normalized spacial score (nSPS) is 20.8. The lowest BCUT2D eigenvalue weighted by Gasteiger charge is -2.43. The van der Waals surface area contributed by atoms with Crippen molar-refractivity contribution in [3.05, 3.63) is 107 Å². The molecule has 0 amide bonds. The highest BCUT2D eigenvalue weighted by Gasteiger charge is 2.34. The topological polar surface area (TPSA) is 132 Å². The lowest BCUT2D eigenvalue weighted by Crippen LogP contribution is -2.56. The van der Waals surface area contributed by atoms with Crippen LogP contribution in [0, 0.1) is 11.3 Å². The van der Waals surface area contributed by atoms with Gasteiger partial charge in [-0.25, -0.2) is 0 Å². The summed E-state index contributed by atoms with van der Waals surface area (Å²) in [6, 6.07) is 22.2. The number of piperazine rings is 1. The van der Waals surface area contributed by atoms with Gasteiger partial charge in [0.05, 0.1) is 35.9 Å². The van der Waals surface area contributed by atoms with E-state index in [9.17, 15) is 20.6 Å². The Labute approximate surface area is 328 Å². The molecule has 0 spiro atoms. The molecule has 12 heteroatoms. The summed E-state index contributed by atoms with van der Waals surface area (Å²) in [5.74, 6) is 0.812. The van der Waals surface area contributed by atoms with E-state index in [2.05, 4.69) is 58.2 Å². The summed E-state index contributed by atoms with van der Waals surface area (Å²) in [7, 11) is 0. The van der Waals surface area contributed by atoms with Crippen LogP contribution in [0.15, 0.2) is 79.9 Å². The third kappa shape index (κ3) is 8.50. The monoisotopic (exact) mass is 763 g/mol. The van der Waals surface area contributed by atoms with Gasteiger partial charge < -0.3 is 29.9 Å². The Morgan fingerprint density at radius 1 is 0.982 bits per heavy atom. The number of fused-ring (bicyclic) bond motifs is 2. The highest BCUT2D eigenvalue weighted by molar-refractivity contribution is 6.36. The molecule has 4 aromatic rings. The van der Waals surface area contributed by atoms with E-state index in [4.69, 9.17) is 26.3 Å². The van der Waals surface area contributed by atoms with E-state index >= 15 is 0 Å². The van der Waals surface area contributed by atoms with Crippen LogP contribution in [0.25, 0.3) is 16.8 Å². The van der Waals surface area contributed by atoms with Crippen molar-refractivity contribution in [1.82, 2.24) is 19.8 Å². The molecule has 0 radical (unpaired) electrons. The number of anilines is 2. The molecule has 5 atom stereocenters. The molecule has 3 aromatic carbocycles. The van der Waals surface area contributed by atoms with E-state index in [0.717, 1.165) is 65.0 Å². The quantitative estimate of drug-likeness (QED) is 0.136. The van der Waals surface area contributed by atoms with Gasteiger partial charge >= 0.3 is 6.01 Å². The lowest BCUT2D eigenvalue weighted by molar-refractivity contribution is 0.00428. The van der Waals surface area contributed by atoms with Gasteiger partial charge in [0.1, 0.15) is 24.8 Å². The van der Waals surface area contributed by atoms with Crippen molar-refractivity contribution >= 4 is 40.0 Å². The molecule has 55 heavy (non-hydrogen) atoms. The third-order valence-corrected chi connectivity index (χ3v) is 11.7. The van der Waals surface area contributed by atoms with E-state index in [1.807, 2.05) is 41.3 Å². The number of hydrogen-bond acceptors (Lipinski definition) is 11. The Balaban J connectivity index is 1.11. The summed E-state index contributed by atoms with van der Waals surface area (Å²) in [6.07, 6.45) is 3.84. The first kappa shape index (κ1) is 38.7. The molecule has 2 fully saturated rings. The second kappa shape index (κ2) is 17.5. The maximum atomic E-state index is 10.9. The fraction of sp³-hybridized carbons (Fsp3) is 0.419. The number of hydrogen-bond donors (Lipinski definition) is 3. The van der Waals surface area contributed by atoms with Gasteiger partial charge in [-0.15, -0.1) is 0 Å². The number of aromatic nitrogens is 2. The number of aliphatic hydroxyl groups excluding tert-OH is 3. The van der Waals surface area contributed by atoms with Crippen LogP contribution < -0.4 is 14.5 Å². The molecule has 7 rings (SSSR count). The highest BCUT2D eigenvalue weighted by Crippen LogP contribution is 2.37. The van der Waals surface area contributed by atoms with Crippen molar-refractivity contribution in [3.8, 4) is 12.1 Å². The number of halogens is 1. The Hall–Kier alpha value is -4.54. The molecule has 11 nitrogen and oxygen atoms in total. The predicted molar refractivity (Wildman–Crippen MR) is 217 cm³/mol. The van der Waals surface area contributed by atoms with E-state index in [0.29, 0.717) is 68.8 Å². The molecular formula is C43H50ClN7O4. The zero-order chi connectivity index (χ0) is 38.5. The van der Waals surface area contributed by atoms with E-state index in [1.165, 1.54) is 6.08 Å². The fourth-order valence-electron chi connectivity index (χ4n) is 8.39. The maximum absolute atomic E-state index is 10.9. The van der Waals surface area contributed by atoms with Crippen LogP contribution >= 0.6 is 11.6 Å². The lowest BCUT2D eigenvalue weighted by atomic mass is 10.00.